The van der Waals surface area contributed by atoms with Crippen molar-refractivity contribution >= 4 is 17.5 Å². The summed E-state index contributed by atoms with van der Waals surface area (Å²) in [6, 6.07) is 3.81. The maximum atomic E-state index is 12.9. The third kappa shape index (κ3) is 4.95. The number of benzene rings is 1. The van der Waals surface area contributed by atoms with Gasteiger partial charge in [-0.1, -0.05) is 0 Å². The molecule has 0 saturated heterocycles. The molecule has 4 N–H and O–H groups in total. The quantitative estimate of drug-likeness (QED) is 0.697. The van der Waals surface area contributed by atoms with Crippen molar-refractivity contribution in [1.29, 1.82) is 0 Å². The molecule has 0 fully saturated rings. The zero-order valence-corrected chi connectivity index (χ0v) is 11.0. The van der Waals surface area contributed by atoms with Gasteiger partial charge in [0.05, 0.1) is 5.69 Å². The Morgan fingerprint density at radius 1 is 1.37 bits per heavy atom. The number of nitrogens with two attached hydrogens (primary N) is 1. The van der Waals surface area contributed by atoms with Gasteiger partial charge in [-0.25, -0.2) is 4.39 Å². The largest absolute Gasteiger partial charge is 0.396 e. The highest BCUT2D eigenvalue weighted by Crippen LogP contribution is 2.11. The standard InChI is InChI=1S/C13H18FN3O2/c1-8(2)17-12(18)5-6-16-13(19)9-3-4-10(14)11(15)7-9/h3-4,7-8H,5-6,15H2,1-2H3,(H,16,19)(H,17,18). The summed E-state index contributed by atoms with van der Waals surface area (Å²) in [7, 11) is 0. The van der Waals surface area contributed by atoms with Crippen LogP contribution in [0.2, 0.25) is 0 Å². The van der Waals surface area contributed by atoms with Gasteiger partial charge in [0, 0.05) is 24.6 Å². The third-order valence-corrected chi connectivity index (χ3v) is 2.35. The van der Waals surface area contributed by atoms with Crippen LogP contribution in [0.1, 0.15) is 30.6 Å². The van der Waals surface area contributed by atoms with E-state index in [2.05, 4.69) is 10.6 Å². The number of carbonyl (C=O) groups is 2. The van der Waals surface area contributed by atoms with Gasteiger partial charge in [0.2, 0.25) is 5.91 Å². The predicted molar refractivity (Wildman–Crippen MR) is 71.0 cm³/mol. The molecule has 0 saturated carbocycles. The van der Waals surface area contributed by atoms with Crippen molar-refractivity contribution in [3.63, 3.8) is 0 Å². The molecule has 0 radical (unpaired) electrons. The van der Waals surface area contributed by atoms with E-state index in [0.717, 1.165) is 6.07 Å². The van der Waals surface area contributed by atoms with Crippen LogP contribution < -0.4 is 16.4 Å². The second-order valence-corrected chi connectivity index (χ2v) is 4.46. The van der Waals surface area contributed by atoms with E-state index in [1.165, 1.54) is 12.1 Å². The van der Waals surface area contributed by atoms with Crippen LogP contribution in [0.25, 0.3) is 0 Å². The van der Waals surface area contributed by atoms with Gasteiger partial charge in [-0.3, -0.25) is 9.59 Å². The maximum absolute atomic E-state index is 12.9. The highest BCUT2D eigenvalue weighted by Gasteiger charge is 2.09. The molecular weight excluding hydrogens is 249 g/mol. The first-order valence-corrected chi connectivity index (χ1v) is 6.02. The summed E-state index contributed by atoms with van der Waals surface area (Å²) in [5.41, 5.74) is 5.56. The zero-order chi connectivity index (χ0) is 14.4. The number of nitrogen functional groups attached to an aromatic ring is 1. The minimum absolute atomic E-state index is 0.0695. The molecule has 2 amide bonds. The molecule has 1 aromatic rings. The lowest BCUT2D eigenvalue weighted by Gasteiger charge is -2.09. The fourth-order valence-corrected chi connectivity index (χ4v) is 1.47. The average Bonchev–Trinajstić information content (AvgIpc) is 2.31. The Labute approximate surface area is 111 Å². The summed E-state index contributed by atoms with van der Waals surface area (Å²) in [4.78, 5) is 23.0. The Hall–Kier alpha value is -2.11. The monoisotopic (exact) mass is 267 g/mol. The van der Waals surface area contributed by atoms with Gasteiger partial charge >= 0.3 is 0 Å². The van der Waals surface area contributed by atoms with E-state index >= 15 is 0 Å². The highest BCUT2D eigenvalue weighted by atomic mass is 19.1. The molecule has 5 nitrogen and oxygen atoms in total. The Morgan fingerprint density at radius 3 is 2.63 bits per heavy atom. The molecule has 1 rings (SSSR count). The van der Waals surface area contributed by atoms with Crippen LogP contribution >= 0.6 is 0 Å². The summed E-state index contributed by atoms with van der Waals surface area (Å²) >= 11 is 0. The number of amides is 2. The topological polar surface area (TPSA) is 84.2 Å². The predicted octanol–water partition coefficient (Wildman–Crippen LogP) is 1.05. The molecule has 1 aromatic carbocycles. The first-order chi connectivity index (χ1) is 8.90. The van der Waals surface area contributed by atoms with Crippen molar-refractivity contribution in [2.45, 2.75) is 26.3 Å². The lowest BCUT2D eigenvalue weighted by molar-refractivity contribution is -0.121. The van der Waals surface area contributed by atoms with E-state index in [-0.39, 0.29) is 42.1 Å². The molecular formula is C13H18FN3O2. The molecule has 0 atom stereocenters. The zero-order valence-electron chi connectivity index (χ0n) is 11.0. The van der Waals surface area contributed by atoms with Crippen LogP contribution in [0.3, 0.4) is 0 Å². The van der Waals surface area contributed by atoms with E-state index in [1.54, 1.807) is 0 Å². The minimum atomic E-state index is -0.562. The SMILES string of the molecule is CC(C)NC(=O)CCNC(=O)c1ccc(F)c(N)c1. The van der Waals surface area contributed by atoms with Crippen molar-refractivity contribution in [3.8, 4) is 0 Å². The van der Waals surface area contributed by atoms with E-state index < -0.39 is 5.82 Å². The first-order valence-electron chi connectivity index (χ1n) is 6.02. The second kappa shape index (κ2) is 6.72. The summed E-state index contributed by atoms with van der Waals surface area (Å²) < 4.78 is 12.9. The number of hydrogen-bond acceptors (Lipinski definition) is 3. The van der Waals surface area contributed by atoms with E-state index in [1.807, 2.05) is 13.8 Å². The summed E-state index contributed by atoms with van der Waals surface area (Å²) in [6.45, 7) is 3.93. The number of anilines is 1. The van der Waals surface area contributed by atoms with Crippen LogP contribution in [0, 0.1) is 5.82 Å². The van der Waals surface area contributed by atoms with Gasteiger partial charge in [-0.05, 0) is 32.0 Å². The summed E-state index contributed by atoms with van der Waals surface area (Å²) in [6.07, 6.45) is 0.195. The molecule has 0 bridgehead atoms. The average molecular weight is 267 g/mol. The van der Waals surface area contributed by atoms with Crippen LogP contribution in [-0.4, -0.2) is 24.4 Å². The molecule has 0 unspecified atom stereocenters. The fourth-order valence-electron chi connectivity index (χ4n) is 1.47. The molecule has 19 heavy (non-hydrogen) atoms. The van der Waals surface area contributed by atoms with E-state index in [9.17, 15) is 14.0 Å². The van der Waals surface area contributed by atoms with Crippen molar-refractivity contribution in [1.82, 2.24) is 10.6 Å². The van der Waals surface area contributed by atoms with Gasteiger partial charge in [0.15, 0.2) is 0 Å². The molecule has 104 valence electrons. The van der Waals surface area contributed by atoms with Crippen molar-refractivity contribution in [3.05, 3.63) is 29.6 Å². The second-order valence-electron chi connectivity index (χ2n) is 4.46. The molecule has 0 heterocycles. The number of carbonyl (C=O) groups excluding carboxylic acids is 2. The summed E-state index contributed by atoms with van der Waals surface area (Å²) in [5.74, 6) is -1.08. The van der Waals surface area contributed by atoms with Crippen LogP contribution in [0.4, 0.5) is 10.1 Å². The fraction of sp³-hybridized carbons (Fsp3) is 0.385. The molecule has 0 aliphatic rings. The van der Waals surface area contributed by atoms with Gasteiger partial charge in [0.25, 0.3) is 5.91 Å². The van der Waals surface area contributed by atoms with Gasteiger partial charge in [0.1, 0.15) is 5.82 Å². The van der Waals surface area contributed by atoms with Crippen LogP contribution in [0.15, 0.2) is 18.2 Å². The Morgan fingerprint density at radius 2 is 2.05 bits per heavy atom. The smallest absolute Gasteiger partial charge is 0.251 e. The first kappa shape index (κ1) is 14.9. The van der Waals surface area contributed by atoms with Gasteiger partial charge < -0.3 is 16.4 Å². The molecule has 0 aromatic heterocycles. The lowest BCUT2D eigenvalue weighted by Crippen LogP contribution is -2.34. The minimum Gasteiger partial charge on any atom is -0.396 e. The molecule has 0 aliphatic heterocycles. The Balaban J connectivity index is 2.43. The molecule has 0 spiro atoms. The number of rotatable bonds is 5. The maximum Gasteiger partial charge on any atom is 0.251 e. The highest BCUT2D eigenvalue weighted by molar-refractivity contribution is 5.95. The van der Waals surface area contributed by atoms with E-state index in [4.69, 9.17) is 5.73 Å². The molecule has 0 aliphatic carbocycles. The van der Waals surface area contributed by atoms with Crippen molar-refractivity contribution in [2.24, 2.45) is 0 Å². The number of hydrogen-bond donors (Lipinski definition) is 3. The summed E-state index contributed by atoms with van der Waals surface area (Å²) in [5, 5.41) is 5.29. The molecule has 6 heteroatoms. The third-order valence-electron chi connectivity index (χ3n) is 2.35. The van der Waals surface area contributed by atoms with Crippen LogP contribution in [-0.2, 0) is 4.79 Å². The van der Waals surface area contributed by atoms with Crippen molar-refractivity contribution in [2.75, 3.05) is 12.3 Å². The number of halogens is 1. The Kier molecular flexibility index (Phi) is 5.29. The van der Waals surface area contributed by atoms with Crippen molar-refractivity contribution < 1.29 is 14.0 Å². The van der Waals surface area contributed by atoms with Crippen LogP contribution in [0.5, 0.6) is 0 Å². The number of nitrogens with one attached hydrogen (secondary N) is 2. The Bertz CT molecular complexity index is 475. The normalized spacial score (nSPS) is 10.3. The van der Waals surface area contributed by atoms with Gasteiger partial charge in [-0.15, -0.1) is 0 Å². The van der Waals surface area contributed by atoms with Gasteiger partial charge in [-0.2, -0.15) is 0 Å². The lowest BCUT2D eigenvalue weighted by atomic mass is 10.2. The van der Waals surface area contributed by atoms with E-state index in [0.29, 0.717) is 0 Å².